The molecule has 0 bridgehead atoms. The van der Waals surface area contributed by atoms with Gasteiger partial charge in [0.05, 0.1) is 6.54 Å². The molecular weight excluding hydrogens is 340 g/mol. The quantitative estimate of drug-likeness (QED) is 0.890. The number of hydrogen-bond donors (Lipinski definition) is 1. The maximum absolute atomic E-state index is 11.9. The monoisotopic (exact) mass is 352 g/mol. The van der Waals surface area contributed by atoms with Crippen molar-refractivity contribution in [1.29, 1.82) is 0 Å². The second-order valence-electron chi connectivity index (χ2n) is 3.97. The largest absolute Gasteiger partial charge is 0.342 e. The fraction of sp³-hybridized carbons (Fsp3) is 0.500. The first-order valence-corrected chi connectivity index (χ1v) is 8.67. The number of hydrogen-bond acceptors (Lipinski definition) is 4. The molecule has 18 heavy (non-hydrogen) atoms. The molecule has 0 aromatic carbocycles. The molecule has 1 aromatic rings. The van der Waals surface area contributed by atoms with Gasteiger partial charge in [0.15, 0.2) is 0 Å². The molecule has 0 aliphatic carbocycles. The Morgan fingerprint density at radius 2 is 2.11 bits per heavy atom. The maximum Gasteiger partial charge on any atom is 0.251 e. The lowest BCUT2D eigenvalue weighted by molar-refractivity contribution is -0.128. The van der Waals surface area contributed by atoms with Crippen LogP contribution in [-0.4, -0.2) is 38.9 Å². The second kappa shape index (κ2) is 5.68. The lowest BCUT2D eigenvalue weighted by atomic mass is 10.4. The molecule has 2 heterocycles. The van der Waals surface area contributed by atoms with Crippen LogP contribution in [-0.2, 0) is 14.8 Å². The number of carbonyl (C=O) groups is 1. The fourth-order valence-electron chi connectivity index (χ4n) is 1.77. The van der Waals surface area contributed by atoms with Gasteiger partial charge in [-0.3, -0.25) is 4.79 Å². The van der Waals surface area contributed by atoms with Gasteiger partial charge in [-0.1, -0.05) is 0 Å². The van der Waals surface area contributed by atoms with Crippen LogP contribution >= 0.6 is 27.3 Å². The molecule has 1 aromatic heterocycles. The van der Waals surface area contributed by atoms with Crippen LogP contribution in [0, 0.1) is 0 Å². The van der Waals surface area contributed by atoms with Crippen LogP contribution in [0.25, 0.3) is 0 Å². The molecule has 100 valence electrons. The average Bonchev–Trinajstić information content (AvgIpc) is 2.96. The molecule has 1 aliphatic heterocycles. The SMILES string of the molecule is O=C(CNS(=O)(=O)c1sccc1Br)N1CCCC1. The van der Waals surface area contributed by atoms with Crippen LogP contribution < -0.4 is 4.72 Å². The minimum absolute atomic E-state index is 0.163. The third-order valence-electron chi connectivity index (χ3n) is 2.70. The van der Waals surface area contributed by atoms with E-state index in [9.17, 15) is 13.2 Å². The van der Waals surface area contributed by atoms with Gasteiger partial charge >= 0.3 is 0 Å². The Bertz CT molecular complexity index is 535. The number of rotatable bonds is 4. The molecule has 8 heteroatoms. The summed E-state index contributed by atoms with van der Waals surface area (Å²) in [7, 11) is -3.60. The number of nitrogens with one attached hydrogen (secondary N) is 1. The topological polar surface area (TPSA) is 66.5 Å². The Labute approximate surface area is 118 Å². The van der Waals surface area contributed by atoms with Crippen LogP contribution in [0.5, 0.6) is 0 Å². The summed E-state index contributed by atoms with van der Waals surface area (Å²) in [5.74, 6) is -0.163. The zero-order valence-electron chi connectivity index (χ0n) is 9.56. The summed E-state index contributed by atoms with van der Waals surface area (Å²) in [6, 6.07) is 1.67. The van der Waals surface area contributed by atoms with Crippen LogP contribution in [0.15, 0.2) is 20.1 Å². The summed E-state index contributed by atoms with van der Waals surface area (Å²) in [6.45, 7) is 1.28. The smallest absolute Gasteiger partial charge is 0.251 e. The Morgan fingerprint density at radius 1 is 1.44 bits per heavy atom. The molecule has 0 unspecified atom stereocenters. The Morgan fingerprint density at radius 3 is 2.67 bits per heavy atom. The van der Waals surface area contributed by atoms with Crippen LogP contribution in [0.4, 0.5) is 0 Å². The van der Waals surface area contributed by atoms with E-state index in [0.717, 1.165) is 37.3 Å². The third-order valence-corrected chi connectivity index (χ3v) is 6.77. The molecule has 1 aliphatic rings. The molecule has 0 radical (unpaired) electrons. The Hall–Kier alpha value is -0.440. The van der Waals surface area contributed by atoms with Crippen molar-refractivity contribution in [1.82, 2.24) is 9.62 Å². The molecule has 1 N–H and O–H groups in total. The van der Waals surface area contributed by atoms with Crippen LogP contribution in [0.2, 0.25) is 0 Å². The van der Waals surface area contributed by atoms with Gasteiger partial charge in [0.2, 0.25) is 5.91 Å². The summed E-state index contributed by atoms with van der Waals surface area (Å²) in [5.41, 5.74) is 0. The summed E-state index contributed by atoms with van der Waals surface area (Å²) in [6.07, 6.45) is 1.99. The van der Waals surface area contributed by atoms with Gasteiger partial charge < -0.3 is 4.90 Å². The number of carbonyl (C=O) groups excluding carboxylic acids is 1. The fourth-order valence-corrected chi connectivity index (χ4v) is 5.13. The molecule has 0 saturated carbocycles. The highest BCUT2D eigenvalue weighted by molar-refractivity contribution is 9.10. The molecule has 2 rings (SSSR count). The van der Waals surface area contributed by atoms with E-state index < -0.39 is 10.0 Å². The highest BCUT2D eigenvalue weighted by Gasteiger charge is 2.23. The number of nitrogens with zero attached hydrogens (tertiary/aromatic N) is 1. The van der Waals surface area contributed by atoms with Crippen molar-refractivity contribution in [2.75, 3.05) is 19.6 Å². The Kier molecular flexibility index (Phi) is 4.41. The van der Waals surface area contributed by atoms with E-state index in [0.29, 0.717) is 4.47 Å². The average molecular weight is 353 g/mol. The zero-order chi connectivity index (χ0) is 13.2. The predicted octanol–water partition coefficient (Wildman–Crippen LogP) is 1.41. The molecule has 1 saturated heterocycles. The normalized spacial score (nSPS) is 16.2. The second-order valence-corrected chi connectivity index (χ2v) is 7.70. The first-order valence-electron chi connectivity index (χ1n) is 5.51. The number of sulfonamides is 1. The summed E-state index contributed by atoms with van der Waals surface area (Å²) >= 11 is 4.29. The molecule has 0 spiro atoms. The van der Waals surface area contributed by atoms with Crippen molar-refractivity contribution in [3.63, 3.8) is 0 Å². The van der Waals surface area contributed by atoms with E-state index in [2.05, 4.69) is 20.7 Å². The van der Waals surface area contributed by atoms with Gasteiger partial charge in [0.1, 0.15) is 4.21 Å². The number of amides is 1. The summed E-state index contributed by atoms with van der Waals surface area (Å²) in [5, 5.41) is 1.68. The lowest BCUT2D eigenvalue weighted by Gasteiger charge is -2.15. The van der Waals surface area contributed by atoms with Crippen molar-refractivity contribution in [3.05, 3.63) is 15.9 Å². The van der Waals surface area contributed by atoms with E-state index in [4.69, 9.17) is 0 Å². The van der Waals surface area contributed by atoms with Gasteiger partial charge in [-0.15, -0.1) is 11.3 Å². The van der Waals surface area contributed by atoms with E-state index in [1.165, 1.54) is 0 Å². The lowest BCUT2D eigenvalue weighted by Crippen LogP contribution is -2.38. The number of halogens is 1. The minimum Gasteiger partial charge on any atom is -0.342 e. The van der Waals surface area contributed by atoms with E-state index >= 15 is 0 Å². The van der Waals surface area contributed by atoms with E-state index in [1.54, 1.807) is 16.3 Å². The van der Waals surface area contributed by atoms with Crippen molar-refractivity contribution < 1.29 is 13.2 Å². The van der Waals surface area contributed by atoms with Crippen LogP contribution in [0.1, 0.15) is 12.8 Å². The van der Waals surface area contributed by atoms with Gasteiger partial charge in [-0.2, -0.15) is 0 Å². The molecule has 0 atom stereocenters. The molecule has 1 amide bonds. The van der Waals surface area contributed by atoms with Gasteiger partial charge in [-0.25, -0.2) is 13.1 Å². The van der Waals surface area contributed by atoms with E-state index in [-0.39, 0.29) is 16.7 Å². The first kappa shape index (κ1) is 14.0. The third kappa shape index (κ3) is 3.11. The Balaban J connectivity index is 1.97. The van der Waals surface area contributed by atoms with Crippen molar-refractivity contribution in [2.45, 2.75) is 17.1 Å². The van der Waals surface area contributed by atoms with Crippen molar-refractivity contribution in [3.8, 4) is 0 Å². The summed E-state index contributed by atoms with van der Waals surface area (Å²) in [4.78, 5) is 13.4. The predicted molar refractivity (Wildman–Crippen MR) is 73.0 cm³/mol. The van der Waals surface area contributed by atoms with Gasteiger partial charge in [0, 0.05) is 17.6 Å². The van der Waals surface area contributed by atoms with Gasteiger partial charge in [-0.05, 0) is 40.2 Å². The van der Waals surface area contributed by atoms with E-state index in [1.807, 2.05) is 0 Å². The number of likely N-dealkylation sites (tertiary alicyclic amines) is 1. The zero-order valence-corrected chi connectivity index (χ0v) is 12.8. The standard InChI is InChI=1S/C10H13BrN2O3S2/c11-8-3-6-17-10(8)18(15,16)12-7-9(14)13-4-1-2-5-13/h3,6,12H,1-2,4-5,7H2. The highest BCUT2D eigenvalue weighted by Crippen LogP contribution is 2.27. The van der Waals surface area contributed by atoms with Crippen molar-refractivity contribution >= 4 is 43.2 Å². The molecule has 1 fully saturated rings. The molecular formula is C10H13BrN2O3S2. The number of thiophene rings is 1. The van der Waals surface area contributed by atoms with Gasteiger partial charge in [0.25, 0.3) is 10.0 Å². The molecule has 5 nitrogen and oxygen atoms in total. The van der Waals surface area contributed by atoms with Crippen LogP contribution in [0.3, 0.4) is 0 Å². The highest BCUT2D eigenvalue weighted by atomic mass is 79.9. The van der Waals surface area contributed by atoms with Crippen molar-refractivity contribution in [2.24, 2.45) is 0 Å². The maximum atomic E-state index is 11.9. The minimum atomic E-state index is -3.60. The first-order chi connectivity index (χ1) is 8.50. The summed E-state index contributed by atoms with van der Waals surface area (Å²) < 4.78 is 26.9.